The number of hydrogen-bond acceptors (Lipinski definition) is 5. The SMILES string of the molecule is COc1cc(NC(=O)CNc2ccc(C#N)cc2)c(OC)cc1Cl. The molecule has 0 fully saturated rings. The highest BCUT2D eigenvalue weighted by Gasteiger charge is 2.12. The Morgan fingerprint density at radius 2 is 1.83 bits per heavy atom. The third-order valence-electron chi connectivity index (χ3n) is 3.22. The van der Waals surface area contributed by atoms with Crippen LogP contribution in [0.3, 0.4) is 0 Å². The number of anilines is 2. The second kappa shape index (κ2) is 8.09. The van der Waals surface area contributed by atoms with Crippen molar-refractivity contribution in [3.63, 3.8) is 0 Å². The molecule has 0 atom stereocenters. The van der Waals surface area contributed by atoms with Crippen LogP contribution >= 0.6 is 11.6 Å². The molecule has 0 aliphatic rings. The number of nitriles is 1. The molecule has 2 aromatic rings. The van der Waals surface area contributed by atoms with Crippen LogP contribution < -0.4 is 20.1 Å². The van der Waals surface area contributed by atoms with E-state index in [2.05, 4.69) is 10.6 Å². The van der Waals surface area contributed by atoms with E-state index in [1.54, 1.807) is 36.4 Å². The van der Waals surface area contributed by atoms with E-state index >= 15 is 0 Å². The summed E-state index contributed by atoms with van der Waals surface area (Å²) in [6, 6.07) is 12.0. The first-order chi connectivity index (χ1) is 11.6. The number of nitrogens with one attached hydrogen (secondary N) is 2. The Hall–Kier alpha value is -2.91. The average molecular weight is 346 g/mol. The summed E-state index contributed by atoms with van der Waals surface area (Å²) in [6.07, 6.45) is 0. The maximum atomic E-state index is 12.1. The van der Waals surface area contributed by atoms with Crippen LogP contribution in [0, 0.1) is 11.3 Å². The van der Waals surface area contributed by atoms with Crippen molar-refractivity contribution in [2.45, 2.75) is 0 Å². The maximum Gasteiger partial charge on any atom is 0.243 e. The maximum absolute atomic E-state index is 12.1. The van der Waals surface area contributed by atoms with Gasteiger partial charge in [0.25, 0.3) is 0 Å². The number of carbonyl (C=O) groups is 1. The summed E-state index contributed by atoms with van der Waals surface area (Å²) in [5.74, 6) is 0.613. The zero-order valence-electron chi connectivity index (χ0n) is 13.2. The first-order valence-electron chi connectivity index (χ1n) is 7.02. The van der Waals surface area contributed by atoms with E-state index in [1.807, 2.05) is 6.07 Å². The molecule has 0 heterocycles. The van der Waals surface area contributed by atoms with Crippen molar-refractivity contribution < 1.29 is 14.3 Å². The van der Waals surface area contributed by atoms with Crippen molar-refractivity contribution in [1.29, 1.82) is 5.26 Å². The van der Waals surface area contributed by atoms with E-state index in [9.17, 15) is 4.79 Å². The zero-order chi connectivity index (χ0) is 17.5. The second-order valence-electron chi connectivity index (χ2n) is 4.78. The molecule has 0 aromatic heterocycles. The zero-order valence-corrected chi connectivity index (χ0v) is 14.0. The molecule has 0 bridgehead atoms. The van der Waals surface area contributed by atoms with Crippen molar-refractivity contribution in [1.82, 2.24) is 0 Å². The number of hydrogen-bond donors (Lipinski definition) is 2. The highest BCUT2D eigenvalue weighted by atomic mass is 35.5. The molecule has 0 spiro atoms. The lowest BCUT2D eigenvalue weighted by Crippen LogP contribution is -2.22. The number of methoxy groups -OCH3 is 2. The molecule has 2 rings (SSSR count). The van der Waals surface area contributed by atoms with Gasteiger partial charge < -0.3 is 20.1 Å². The minimum atomic E-state index is -0.262. The van der Waals surface area contributed by atoms with Crippen molar-refractivity contribution in [3.8, 4) is 17.6 Å². The first-order valence-corrected chi connectivity index (χ1v) is 7.40. The molecule has 0 saturated carbocycles. The van der Waals surface area contributed by atoms with Crippen LogP contribution in [-0.2, 0) is 4.79 Å². The van der Waals surface area contributed by atoms with Crippen LogP contribution in [0.5, 0.6) is 11.5 Å². The Balaban J connectivity index is 2.02. The number of carbonyl (C=O) groups excluding carboxylic acids is 1. The summed E-state index contributed by atoms with van der Waals surface area (Å²) < 4.78 is 10.3. The highest BCUT2D eigenvalue weighted by molar-refractivity contribution is 6.32. The summed E-state index contributed by atoms with van der Waals surface area (Å²) in [5, 5.41) is 14.9. The number of amides is 1. The number of nitrogens with zero attached hydrogens (tertiary/aromatic N) is 1. The molecule has 2 N–H and O–H groups in total. The summed E-state index contributed by atoms with van der Waals surface area (Å²) in [4.78, 5) is 12.1. The van der Waals surface area contributed by atoms with Gasteiger partial charge in [-0.2, -0.15) is 5.26 Å². The van der Waals surface area contributed by atoms with Crippen LogP contribution in [0.15, 0.2) is 36.4 Å². The molecule has 7 heteroatoms. The van der Waals surface area contributed by atoms with Crippen LogP contribution in [0.4, 0.5) is 11.4 Å². The molecular weight excluding hydrogens is 330 g/mol. The van der Waals surface area contributed by atoms with E-state index in [-0.39, 0.29) is 12.5 Å². The van der Waals surface area contributed by atoms with Gasteiger partial charge in [0.2, 0.25) is 5.91 Å². The molecule has 6 nitrogen and oxygen atoms in total. The van der Waals surface area contributed by atoms with Gasteiger partial charge >= 0.3 is 0 Å². The Morgan fingerprint density at radius 3 is 2.42 bits per heavy atom. The average Bonchev–Trinajstić information content (AvgIpc) is 2.61. The van der Waals surface area contributed by atoms with Gasteiger partial charge in [-0.05, 0) is 24.3 Å². The molecule has 124 valence electrons. The van der Waals surface area contributed by atoms with E-state index in [0.29, 0.717) is 27.8 Å². The topological polar surface area (TPSA) is 83.4 Å². The van der Waals surface area contributed by atoms with E-state index in [4.69, 9.17) is 26.3 Å². The lowest BCUT2D eigenvalue weighted by Gasteiger charge is -2.13. The molecule has 0 aliphatic carbocycles. The van der Waals surface area contributed by atoms with Gasteiger partial charge in [-0.1, -0.05) is 11.6 Å². The predicted octanol–water partition coefficient (Wildman–Crippen LogP) is 3.28. The predicted molar refractivity (Wildman–Crippen MR) is 92.8 cm³/mol. The highest BCUT2D eigenvalue weighted by Crippen LogP contribution is 2.35. The molecule has 0 radical (unpaired) electrons. The summed E-state index contributed by atoms with van der Waals surface area (Å²) in [5.41, 5.74) is 1.76. The molecule has 2 aromatic carbocycles. The van der Waals surface area contributed by atoms with Gasteiger partial charge in [0.1, 0.15) is 11.5 Å². The standard InChI is InChI=1S/C17H16ClN3O3/c1-23-15-8-14(16(24-2)7-13(15)18)21-17(22)10-20-12-5-3-11(9-19)4-6-12/h3-8,20H,10H2,1-2H3,(H,21,22). The van der Waals surface area contributed by atoms with Crippen molar-refractivity contribution in [2.24, 2.45) is 0 Å². The van der Waals surface area contributed by atoms with Gasteiger partial charge in [0, 0.05) is 17.8 Å². The molecule has 0 aliphatic heterocycles. The van der Waals surface area contributed by atoms with E-state index in [1.165, 1.54) is 14.2 Å². The first kappa shape index (κ1) is 17.4. The lowest BCUT2D eigenvalue weighted by molar-refractivity contribution is -0.114. The fraction of sp³-hybridized carbons (Fsp3) is 0.176. The van der Waals surface area contributed by atoms with Crippen LogP contribution in [0.25, 0.3) is 0 Å². The number of ether oxygens (including phenoxy) is 2. The van der Waals surface area contributed by atoms with E-state index in [0.717, 1.165) is 5.69 Å². The fourth-order valence-electron chi connectivity index (χ4n) is 2.00. The van der Waals surface area contributed by atoms with Crippen LogP contribution in [-0.4, -0.2) is 26.7 Å². The molecule has 0 unspecified atom stereocenters. The van der Waals surface area contributed by atoms with E-state index < -0.39 is 0 Å². The molecule has 1 amide bonds. The molecule has 0 saturated heterocycles. The quantitative estimate of drug-likeness (QED) is 0.839. The fourth-order valence-corrected chi connectivity index (χ4v) is 2.23. The Kier molecular flexibility index (Phi) is 5.88. The Morgan fingerprint density at radius 1 is 1.17 bits per heavy atom. The molecular formula is C17H16ClN3O3. The van der Waals surface area contributed by atoms with Gasteiger partial charge in [-0.3, -0.25) is 4.79 Å². The Bertz CT molecular complexity index is 770. The summed E-state index contributed by atoms with van der Waals surface area (Å²) >= 11 is 6.03. The molecule has 24 heavy (non-hydrogen) atoms. The third-order valence-corrected chi connectivity index (χ3v) is 3.51. The largest absolute Gasteiger partial charge is 0.495 e. The van der Waals surface area contributed by atoms with Crippen LogP contribution in [0.2, 0.25) is 5.02 Å². The van der Waals surface area contributed by atoms with Gasteiger partial charge in [-0.15, -0.1) is 0 Å². The van der Waals surface area contributed by atoms with Crippen LogP contribution in [0.1, 0.15) is 5.56 Å². The van der Waals surface area contributed by atoms with Gasteiger partial charge in [0.05, 0.1) is 43.1 Å². The summed E-state index contributed by atoms with van der Waals surface area (Å²) in [6.45, 7) is 0.0556. The second-order valence-corrected chi connectivity index (χ2v) is 5.19. The van der Waals surface area contributed by atoms with Crippen molar-refractivity contribution in [2.75, 3.05) is 31.4 Å². The Labute approximate surface area is 144 Å². The van der Waals surface area contributed by atoms with Gasteiger partial charge in [0.15, 0.2) is 0 Å². The number of halogens is 1. The number of benzene rings is 2. The van der Waals surface area contributed by atoms with Crippen molar-refractivity contribution >= 4 is 28.9 Å². The normalized spacial score (nSPS) is 9.75. The number of rotatable bonds is 6. The minimum Gasteiger partial charge on any atom is -0.495 e. The monoisotopic (exact) mass is 345 g/mol. The van der Waals surface area contributed by atoms with Gasteiger partial charge in [-0.25, -0.2) is 0 Å². The third kappa shape index (κ3) is 4.31. The smallest absolute Gasteiger partial charge is 0.243 e. The lowest BCUT2D eigenvalue weighted by atomic mass is 10.2. The minimum absolute atomic E-state index is 0.0556. The summed E-state index contributed by atoms with van der Waals surface area (Å²) in [7, 11) is 2.98. The van der Waals surface area contributed by atoms with Crippen molar-refractivity contribution in [3.05, 3.63) is 47.0 Å².